The Morgan fingerprint density at radius 2 is 1.80 bits per heavy atom. The Morgan fingerprint density at radius 3 is 2.52 bits per heavy atom. The number of ether oxygens (including phenoxy) is 2. The number of benzene rings is 1. The van der Waals surface area contributed by atoms with E-state index < -0.39 is 0 Å². The Kier molecular flexibility index (Phi) is 3.95. The molecule has 0 N–H and O–H groups in total. The van der Waals surface area contributed by atoms with Crippen molar-refractivity contribution in [2.45, 2.75) is 72.3 Å². The van der Waals surface area contributed by atoms with Crippen LogP contribution in [0.1, 0.15) is 64.9 Å². The maximum atomic E-state index is 6.33. The van der Waals surface area contributed by atoms with Crippen LogP contribution in [-0.2, 0) is 4.74 Å². The summed E-state index contributed by atoms with van der Waals surface area (Å²) in [6, 6.07) is 7.99. The molecule has 3 heteroatoms. The molecular formula is C22H30O2S. The Morgan fingerprint density at radius 1 is 1.08 bits per heavy atom. The Bertz CT molecular complexity index is 680. The highest BCUT2D eigenvalue weighted by atomic mass is 32.1. The van der Waals surface area contributed by atoms with E-state index in [-0.39, 0.29) is 11.5 Å². The molecular weight excluding hydrogens is 328 g/mol. The predicted molar refractivity (Wildman–Crippen MR) is 105 cm³/mol. The highest BCUT2D eigenvalue weighted by molar-refractivity contribution is 7.79. The summed E-state index contributed by atoms with van der Waals surface area (Å²) in [5.74, 6) is 1.52. The second-order valence-electron chi connectivity index (χ2n) is 9.52. The summed E-state index contributed by atoms with van der Waals surface area (Å²) in [7, 11) is 0. The molecule has 0 aromatic heterocycles. The van der Waals surface area contributed by atoms with E-state index in [1.165, 1.54) is 37.7 Å². The molecule has 4 atom stereocenters. The van der Waals surface area contributed by atoms with E-state index in [1.807, 2.05) is 24.3 Å². The first-order valence-electron chi connectivity index (χ1n) is 9.72. The average Bonchev–Trinajstić information content (AvgIpc) is 3.13. The van der Waals surface area contributed by atoms with Crippen LogP contribution in [0.5, 0.6) is 5.75 Å². The van der Waals surface area contributed by atoms with Gasteiger partial charge < -0.3 is 9.47 Å². The first kappa shape index (κ1) is 17.3. The van der Waals surface area contributed by atoms with Gasteiger partial charge in [-0.15, -0.1) is 0 Å². The summed E-state index contributed by atoms with van der Waals surface area (Å²) < 4.78 is 12.2. The van der Waals surface area contributed by atoms with Gasteiger partial charge in [-0.05, 0) is 67.9 Å². The highest BCUT2D eigenvalue weighted by Gasteiger charge is 2.71. The smallest absolute Gasteiger partial charge is 0.358 e. The van der Waals surface area contributed by atoms with Gasteiger partial charge in [0.25, 0.3) is 0 Å². The molecule has 0 unspecified atom stereocenters. The van der Waals surface area contributed by atoms with Gasteiger partial charge in [0.2, 0.25) is 0 Å². The third kappa shape index (κ3) is 2.53. The van der Waals surface area contributed by atoms with Crippen LogP contribution in [0.25, 0.3) is 0 Å². The predicted octanol–water partition coefficient (Wildman–Crippen LogP) is 6.06. The van der Waals surface area contributed by atoms with Crippen molar-refractivity contribution in [3.63, 3.8) is 0 Å². The first-order valence-corrected chi connectivity index (χ1v) is 10.1. The minimum Gasteiger partial charge on any atom is -0.453 e. The number of aryl methyl sites for hydroxylation is 1. The fourth-order valence-electron chi connectivity index (χ4n) is 6.94. The van der Waals surface area contributed by atoms with Gasteiger partial charge in [-0.2, -0.15) is 0 Å². The molecule has 4 rings (SSSR count). The Hall–Kier alpha value is -1.09. The number of hydrogen-bond acceptors (Lipinski definition) is 3. The molecule has 2 nitrogen and oxygen atoms in total. The van der Waals surface area contributed by atoms with Crippen molar-refractivity contribution in [2.24, 2.45) is 22.2 Å². The maximum absolute atomic E-state index is 6.33. The zero-order chi connectivity index (χ0) is 17.9. The summed E-state index contributed by atoms with van der Waals surface area (Å²) >= 11 is 5.47. The monoisotopic (exact) mass is 358 g/mol. The lowest BCUT2D eigenvalue weighted by atomic mass is 9.65. The molecule has 0 heterocycles. The number of thiocarbonyl (C=S) groups is 1. The molecule has 1 aromatic carbocycles. The summed E-state index contributed by atoms with van der Waals surface area (Å²) in [6.45, 7) is 9.51. The van der Waals surface area contributed by atoms with Gasteiger partial charge in [0.05, 0.1) is 0 Å². The van der Waals surface area contributed by atoms with Crippen molar-refractivity contribution in [2.75, 3.05) is 0 Å². The Labute approximate surface area is 157 Å². The van der Waals surface area contributed by atoms with E-state index in [1.54, 1.807) is 0 Å². The summed E-state index contributed by atoms with van der Waals surface area (Å²) in [5, 5.41) is 0.294. The molecule has 25 heavy (non-hydrogen) atoms. The highest BCUT2D eigenvalue weighted by Crippen LogP contribution is 2.76. The molecule has 0 saturated heterocycles. The molecule has 1 aromatic rings. The van der Waals surface area contributed by atoms with Crippen LogP contribution in [-0.4, -0.2) is 11.3 Å². The quantitative estimate of drug-likeness (QED) is 0.599. The molecule has 0 amide bonds. The fourth-order valence-corrected chi connectivity index (χ4v) is 7.16. The third-order valence-corrected chi connectivity index (χ3v) is 7.79. The van der Waals surface area contributed by atoms with Gasteiger partial charge in [0.15, 0.2) is 0 Å². The van der Waals surface area contributed by atoms with Crippen molar-refractivity contribution < 1.29 is 9.47 Å². The van der Waals surface area contributed by atoms with E-state index in [2.05, 4.69) is 27.7 Å². The van der Waals surface area contributed by atoms with Crippen LogP contribution in [0.3, 0.4) is 0 Å². The molecule has 3 saturated carbocycles. The summed E-state index contributed by atoms with van der Waals surface area (Å²) in [6.07, 6.45) is 7.85. The topological polar surface area (TPSA) is 18.5 Å². The van der Waals surface area contributed by atoms with Gasteiger partial charge in [-0.3, -0.25) is 0 Å². The van der Waals surface area contributed by atoms with E-state index >= 15 is 0 Å². The molecule has 136 valence electrons. The normalized spacial score (nSPS) is 38.2. The van der Waals surface area contributed by atoms with Crippen LogP contribution in [0.4, 0.5) is 0 Å². The minimum absolute atomic E-state index is 0.213. The molecule has 3 aliphatic rings. The van der Waals surface area contributed by atoms with E-state index in [9.17, 15) is 0 Å². The third-order valence-electron chi connectivity index (χ3n) is 7.61. The molecule has 3 fully saturated rings. The summed E-state index contributed by atoms with van der Waals surface area (Å²) in [5.41, 5.74) is 2.30. The molecule has 0 bridgehead atoms. The van der Waals surface area contributed by atoms with Crippen molar-refractivity contribution in [3.05, 3.63) is 29.8 Å². The Balaban J connectivity index is 1.53. The second kappa shape index (κ2) is 5.70. The lowest BCUT2D eigenvalue weighted by Gasteiger charge is -2.42. The van der Waals surface area contributed by atoms with Crippen LogP contribution in [0.15, 0.2) is 24.3 Å². The number of hydrogen-bond donors (Lipinski definition) is 0. The van der Waals surface area contributed by atoms with E-state index in [0.29, 0.717) is 16.1 Å². The lowest BCUT2D eigenvalue weighted by molar-refractivity contribution is -0.0215. The second-order valence-corrected chi connectivity index (χ2v) is 9.85. The number of rotatable bonds is 2. The van der Waals surface area contributed by atoms with E-state index in [0.717, 1.165) is 18.1 Å². The molecule has 0 aliphatic heterocycles. The van der Waals surface area contributed by atoms with Crippen LogP contribution in [0.2, 0.25) is 0 Å². The lowest BCUT2D eigenvalue weighted by Crippen LogP contribution is -2.43. The van der Waals surface area contributed by atoms with Crippen LogP contribution in [0, 0.1) is 29.1 Å². The SMILES string of the molecule is Cc1ccc(OC(=S)O[C@H]2CC[C@]3(C)CC(C)(C)[C@H]4CCC[C@]243)cc1. The maximum Gasteiger partial charge on any atom is 0.358 e. The average molecular weight is 359 g/mol. The van der Waals surface area contributed by atoms with Crippen LogP contribution >= 0.6 is 12.2 Å². The largest absolute Gasteiger partial charge is 0.453 e. The van der Waals surface area contributed by atoms with Gasteiger partial charge in [0.1, 0.15) is 11.9 Å². The van der Waals surface area contributed by atoms with Crippen molar-refractivity contribution >= 4 is 17.5 Å². The zero-order valence-corrected chi connectivity index (χ0v) is 16.7. The minimum atomic E-state index is 0.213. The standard InChI is InChI=1S/C22H30O2S/c1-15-7-9-16(10-8-15)23-19(25)24-18-11-13-21(4)14-20(2,3)17-6-5-12-22(17,18)21/h7-10,17-18H,5-6,11-14H2,1-4H3/t17-,18+,21-,22-/m1/s1. The van der Waals surface area contributed by atoms with Gasteiger partial charge in [0, 0.05) is 17.6 Å². The van der Waals surface area contributed by atoms with Crippen molar-refractivity contribution in [1.82, 2.24) is 0 Å². The summed E-state index contributed by atoms with van der Waals surface area (Å²) in [4.78, 5) is 0. The van der Waals surface area contributed by atoms with E-state index in [4.69, 9.17) is 21.7 Å². The van der Waals surface area contributed by atoms with Crippen molar-refractivity contribution in [1.29, 1.82) is 0 Å². The van der Waals surface area contributed by atoms with Crippen molar-refractivity contribution in [3.8, 4) is 5.75 Å². The molecule has 1 spiro atoms. The van der Waals surface area contributed by atoms with Gasteiger partial charge in [-0.1, -0.05) is 44.9 Å². The molecule has 3 aliphatic carbocycles. The van der Waals surface area contributed by atoms with Crippen LogP contribution < -0.4 is 4.74 Å². The fraction of sp³-hybridized carbons (Fsp3) is 0.682. The van der Waals surface area contributed by atoms with Gasteiger partial charge in [-0.25, -0.2) is 0 Å². The zero-order valence-electron chi connectivity index (χ0n) is 15.9. The van der Waals surface area contributed by atoms with Gasteiger partial charge >= 0.3 is 5.24 Å². The molecule has 0 radical (unpaired) electrons. The first-order chi connectivity index (χ1) is 11.8.